The zero-order valence-electron chi connectivity index (χ0n) is 8.08. The lowest BCUT2D eigenvalue weighted by Gasteiger charge is -2.30. The maximum Gasteiger partial charge on any atom is 0.236 e. The van der Waals surface area contributed by atoms with Gasteiger partial charge >= 0.3 is 0 Å². The quantitative estimate of drug-likeness (QED) is 0.640. The molecule has 0 radical (unpaired) electrons. The van der Waals surface area contributed by atoms with Gasteiger partial charge in [-0.25, -0.2) is 0 Å². The highest BCUT2D eigenvalue weighted by atomic mass is 32.2. The largest absolute Gasteiger partial charge is 0.358 e. The molecule has 1 saturated heterocycles. The number of nitrogens with one attached hydrogen (secondary N) is 1. The number of rotatable bonds is 2. The highest BCUT2D eigenvalue weighted by Gasteiger charge is 2.23. The van der Waals surface area contributed by atoms with Crippen molar-refractivity contribution in [3.05, 3.63) is 0 Å². The SMILES string of the molecule is CNC(=O)C(C)N1CCS(=O)CC1. The van der Waals surface area contributed by atoms with E-state index in [1.165, 1.54) is 0 Å². The molecule has 1 atom stereocenters. The molecule has 0 saturated carbocycles. The Morgan fingerprint density at radius 2 is 2.00 bits per heavy atom. The number of hydrogen-bond donors (Lipinski definition) is 1. The third-order valence-corrected chi connectivity index (χ3v) is 3.66. The molecule has 76 valence electrons. The van der Waals surface area contributed by atoms with Gasteiger partial charge < -0.3 is 5.32 Å². The van der Waals surface area contributed by atoms with Gasteiger partial charge in [-0.2, -0.15) is 0 Å². The average molecular weight is 204 g/mol. The second kappa shape index (κ2) is 4.72. The predicted molar refractivity (Wildman–Crippen MR) is 53.0 cm³/mol. The Hall–Kier alpha value is -0.420. The van der Waals surface area contributed by atoms with Crippen LogP contribution in [0.1, 0.15) is 6.92 Å². The maximum atomic E-state index is 11.3. The number of carbonyl (C=O) groups is 1. The Labute approximate surface area is 81.1 Å². The monoisotopic (exact) mass is 204 g/mol. The summed E-state index contributed by atoms with van der Waals surface area (Å²) in [6.07, 6.45) is 0. The third-order valence-electron chi connectivity index (χ3n) is 2.39. The molecular formula is C8H16N2O2S. The highest BCUT2D eigenvalue weighted by Crippen LogP contribution is 2.05. The van der Waals surface area contributed by atoms with Crippen molar-refractivity contribution in [2.45, 2.75) is 13.0 Å². The molecule has 1 aliphatic rings. The van der Waals surface area contributed by atoms with Crippen LogP contribution in [0, 0.1) is 0 Å². The van der Waals surface area contributed by atoms with Crippen LogP contribution in [0.5, 0.6) is 0 Å². The van der Waals surface area contributed by atoms with E-state index in [9.17, 15) is 9.00 Å². The molecule has 4 nitrogen and oxygen atoms in total. The third kappa shape index (κ3) is 2.77. The van der Waals surface area contributed by atoms with Gasteiger partial charge in [0.15, 0.2) is 0 Å². The van der Waals surface area contributed by atoms with E-state index in [4.69, 9.17) is 0 Å². The molecule has 0 spiro atoms. The van der Waals surface area contributed by atoms with Crippen molar-refractivity contribution < 1.29 is 9.00 Å². The first-order valence-corrected chi connectivity index (χ1v) is 5.94. The standard InChI is InChI=1S/C8H16N2O2S/c1-7(8(11)9-2)10-3-5-13(12)6-4-10/h7H,3-6H2,1-2H3,(H,9,11). The fraction of sp³-hybridized carbons (Fsp3) is 0.875. The summed E-state index contributed by atoms with van der Waals surface area (Å²) in [5.74, 6) is 1.43. The first kappa shape index (κ1) is 10.7. The first-order valence-electron chi connectivity index (χ1n) is 4.45. The van der Waals surface area contributed by atoms with Crippen LogP contribution in [-0.2, 0) is 15.6 Å². The van der Waals surface area contributed by atoms with Crippen molar-refractivity contribution in [1.29, 1.82) is 0 Å². The Morgan fingerprint density at radius 3 is 2.46 bits per heavy atom. The molecule has 13 heavy (non-hydrogen) atoms. The molecule has 0 aliphatic carbocycles. The summed E-state index contributed by atoms with van der Waals surface area (Å²) < 4.78 is 11.1. The van der Waals surface area contributed by atoms with Gasteiger partial charge in [-0.15, -0.1) is 0 Å². The molecule has 1 fully saturated rings. The minimum Gasteiger partial charge on any atom is -0.358 e. The van der Waals surface area contributed by atoms with Crippen LogP contribution < -0.4 is 5.32 Å². The summed E-state index contributed by atoms with van der Waals surface area (Å²) in [5, 5.41) is 2.62. The molecule has 1 N–H and O–H groups in total. The smallest absolute Gasteiger partial charge is 0.236 e. The van der Waals surface area contributed by atoms with Crippen molar-refractivity contribution in [3.8, 4) is 0 Å². The van der Waals surface area contributed by atoms with Gasteiger partial charge in [0.05, 0.1) is 6.04 Å². The highest BCUT2D eigenvalue weighted by molar-refractivity contribution is 7.85. The number of likely N-dealkylation sites (N-methyl/N-ethyl adjacent to an activating group) is 1. The van der Waals surface area contributed by atoms with Gasteiger partial charge in [-0.1, -0.05) is 0 Å². The minimum absolute atomic E-state index is 0.0349. The number of nitrogens with zero attached hydrogens (tertiary/aromatic N) is 1. The first-order chi connectivity index (χ1) is 6.15. The van der Waals surface area contributed by atoms with Crippen LogP contribution in [0.15, 0.2) is 0 Å². The van der Waals surface area contributed by atoms with Crippen molar-refractivity contribution >= 4 is 16.7 Å². The zero-order chi connectivity index (χ0) is 9.84. The molecule has 1 aliphatic heterocycles. The van der Waals surface area contributed by atoms with E-state index in [1.54, 1.807) is 7.05 Å². The summed E-state index contributed by atoms with van der Waals surface area (Å²) in [6.45, 7) is 3.41. The second-order valence-corrected chi connectivity index (χ2v) is 4.87. The van der Waals surface area contributed by atoms with Crippen LogP contribution in [0.2, 0.25) is 0 Å². The molecule has 0 aromatic carbocycles. The van der Waals surface area contributed by atoms with Gasteiger partial charge in [0.25, 0.3) is 0 Å². The normalized spacial score (nSPS) is 22.6. The summed E-state index contributed by atoms with van der Waals surface area (Å²) >= 11 is 0. The molecule has 1 rings (SSSR count). The fourth-order valence-electron chi connectivity index (χ4n) is 1.41. The van der Waals surface area contributed by atoms with Gasteiger partial charge in [0.2, 0.25) is 5.91 Å². The molecule has 1 heterocycles. The summed E-state index contributed by atoms with van der Waals surface area (Å²) in [4.78, 5) is 13.3. The van der Waals surface area contributed by atoms with Crippen molar-refractivity contribution in [2.75, 3.05) is 31.6 Å². The average Bonchev–Trinajstić information content (AvgIpc) is 2.17. The minimum atomic E-state index is -0.666. The maximum absolute atomic E-state index is 11.3. The molecule has 0 bridgehead atoms. The lowest BCUT2D eigenvalue weighted by molar-refractivity contribution is -0.125. The molecule has 0 aromatic rings. The molecule has 0 aromatic heterocycles. The fourth-order valence-corrected chi connectivity index (χ4v) is 2.49. The van der Waals surface area contributed by atoms with E-state index in [1.807, 2.05) is 6.92 Å². The van der Waals surface area contributed by atoms with Gasteiger partial charge in [0, 0.05) is 42.4 Å². The zero-order valence-corrected chi connectivity index (χ0v) is 8.89. The van der Waals surface area contributed by atoms with Gasteiger partial charge in [-0.05, 0) is 6.92 Å². The van der Waals surface area contributed by atoms with E-state index >= 15 is 0 Å². The predicted octanol–water partition coefficient (Wildman–Crippen LogP) is -0.815. The Balaban J connectivity index is 2.44. The van der Waals surface area contributed by atoms with Crippen LogP contribution in [0.25, 0.3) is 0 Å². The number of hydrogen-bond acceptors (Lipinski definition) is 3. The molecule has 1 amide bonds. The Morgan fingerprint density at radius 1 is 1.46 bits per heavy atom. The van der Waals surface area contributed by atoms with Gasteiger partial charge in [-0.3, -0.25) is 13.9 Å². The number of carbonyl (C=O) groups excluding carboxylic acids is 1. The van der Waals surface area contributed by atoms with Crippen LogP contribution in [-0.4, -0.2) is 52.7 Å². The Kier molecular flexibility index (Phi) is 3.87. The Bertz CT molecular complexity index is 210. The van der Waals surface area contributed by atoms with Crippen molar-refractivity contribution in [2.24, 2.45) is 0 Å². The second-order valence-electron chi connectivity index (χ2n) is 3.17. The van der Waals surface area contributed by atoms with Crippen LogP contribution >= 0.6 is 0 Å². The molecular weight excluding hydrogens is 188 g/mol. The lowest BCUT2D eigenvalue weighted by Crippen LogP contribution is -2.49. The lowest BCUT2D eigenvalue weighted by atomic mass is 10.2. The van der Waals surface area contributed by atoms with E-state index in [2.05, 4.69) is 10.2 Å². The van der Waals surface area contributed by atoms with Crippen molar-refractivity contribution in [3.63, 3.8) is 0 Å². The van der Waals surface area contributed by atoms with Crippen LogP contribution in [0.4, 0.5) is 0 Å². The summed E-state index contributed by atoms with van der Waals surface area (Å²) in [5.41, 5.74) is 0. The van der Waals surface area contributed by atoms with Gasteiger partial charge in [0.1, 0.15) is 0 Å². The van der Waals surface area contributed by atoms with Crippen LogP contribution in [0.3, 0.4) is 0 Å². The van der Waals surface area contributed by atoms with E-state index < -0.39 is 10.8 Å². The summed E-state index contributed by atoms with van der Waals surface area (Å²) in [6, 6.07) is -0.0951. The van der Waals surface area contributed by atoms with E-state index in [0.29, 0.717) is 11.5 Å². The summed E-state index contributed by atoms with van der Waals surface area (Å²) in [7, 11) is 0.974. The number of amides is 1. The van der Waals surface area contributed by atoms with E-state index in [0.717, 1.165) is 13.1 Å². The topological polar surface area (TPSA) is 49.4 Å². The van der Waals surface area contributed by atoms with E-state index in [-0.39, 0.29) is 11.9 Å². The molecule has 5 heteroatoms. The van der Waals surface area contributed by atoms with Crippen molar-refractivity contribution in [1.82, 2.24) is 10.2 Å². The molecule has 1 unspecified atom stereocenters.